The molecular weight excluding hydrogens is 246 g/mol. The third kappa shape index (κ3) is 3.23. The van der Waals surface area contributed by atoms with Crippen LogP contribution < -0.4 is 16.4 Å². The minimum atomic E-state index is -0.779. The molecule has 102 valence electrons. The van der Waals surface area contributed by atoms with E-state index in [0.717, 1.165) is 11.1 Å². The summed E-state index contributed by atoms with van der Waals surface area (Å²) in [6, 6.07) is 7.90. The van der Waals surface area contributed by atoms with Gasteiger partial charge in [-0.25, -0.2) is 4.79 Å². The lowest BCUT2D eigenvalue weighted by molar-refractivity contribution is -0.122. The van der Waals surface area contributed by atoms with Crippen LogP contribution in [0.3, 0.4) is 0 Å². The fourth-order valence-corrected chi connectivity index (χ4v) is 2.28. The van der Waals surface area contributed by atoms with E-state index in [1.165, 1.54) is 7.11 Å². The number of carbonyl (C=O) groups excluding carboxylic acids is 2. The first-order valence-corrected chi connectivity index (χ1v) is 6.01. The molecule has 1 aromatic rings. The van der Waals surface area contributed by atoms with Crippen molar-refractivity contribution in [3.8, 4) is 0 Å². The number of methoxy groups -OCH3 is 1. The van der Waals surface area contributed by atoms with Gasteiger partial charge in [-0.3, -0.25) is 4.79 Å². The van der Waals surface area contributed by atoms with Gasteiger partial charge in [0.1, 0.15) is 6.54 Å². The molecule has 0 aliphatic heterocycles. The Balaban J connectivity index is 1.90. The number of rotatable bonds is 3. The van der Waals surface area contributed by atoms with Gasteiger partial charge < -0.3 is 21.1 Å². The van der Waals surface area contributed by atoms with Crippen LogP contribution >= 0.6 is 0 Å². The molecule has 1 aliphatic rings. The topological polar surface area (TPSA) is 93.4 Å². The number of benzene rings is 1. The second-order valence-electron chi connectivity index (χ2n) is 4.67. The third-order valence-electron chi connectivity index (χ3n) is 3.10. The van der Waals surface area contributed by atoms with Crippen molar-refractivity contribution in [3.05, 3.63) is 35.4 Å². The largest absolute Gasteiger partial charge is 0.453 e. The number of ether oxygens (including phenoxy) is 1. The number of amides is 2. The molecule has 0 saturated heterocycles. The smallest absolute Gasteiger partial charge is 0.407 e. The van der Waals surface area contributed by atoms with Gasteiger partial charge >= 0.3 is 6.09 Å². The van der Waals surface area contributed by atoms with E-state index in [1.54, 1.807) is 0 Å². The number of alkyl carbamates (subject to hydrolysis) is 1. The van der Waals surface area contributed by atoms with E-state index >= 15 is 0 Å². The van der Waals surface area contributed by atoms with E-state index in [4.69, 9.17) is 5.73 Å². The molecule has 2 rings (SSSR count). The van der Waals surface area contributed by atoms with Crippen molar-refractivity contribution in [2.24, 2.45) is 5.73 Å². The number of hydrogen-bond acceptors (Lipinski definition) is 4. The molecule has 0 aromatic heterocycles. The lowest BCUT2D eigenvalue weighted by Gasteiger charge is -2.25. The normalized spacial score (nSPS) is 15.5. The summed E-state index contributed by atoms with van der Waals surface area (Å²) >= 11 is 0. The molecular formula is C13H17N3O3. The van der Waals surface area contributed by atoms with Gasteiger partial charge in [0.15, 0.2) is 0 Å². The fourth-order valence-electron chi connectivity index (χ4n) is 2.28. The second kappa shape index (κ2) is 5.27. The van der Waals surface area contributed by atoms with E-state index < -0.39 is 11.8 Å². The predicted molar refractivity (Wildman–Crippen MR) is 69.3 cm³/mol. The maximum Gasteiger partial charge on any atom is 0.407 e. The summed E-state index contributed by atoms with van der Waals surface area (Å²) in [7, 11) is 1.24. The number of nitrogens with one attached hydrogen (secondary N) is 2. The van der Waals surface area contributed by atoms with Crippen molar-refractivity contribution >= 4 is 12.0 Å². The molecule has 1 aromatic carbocycles. The molecule has 6 nitrogen and oxygen atoms in total. The first kappa shape index (κ1) is 13.4. The Morgan fingerprint density at radius 2 is 1.89 bits per heavy atom. The second-order valence-corrected chi connectivity index (χ2v) is 4.67. The Kier molecular flexibility index (Phi) is 3.71. The molecule has 0 bridgehead atoms. The molecule has 0 unspecified atom stereocenters. The van der Waals surface area contributed by atoms with Gasteiger partial charge in [-0.1, -0.05) is 24.3 Å². The lowest BCUT2D eigenvalue weighted by Crippen LogP contribution is -2.58. The SMILES string of the molecule is COC(=O)NCC(=O)NC1(N)Cc2ccccc2C1. The summed E-state index contributed by atoms with van der Waals surface area (Å²) in [4.78, 5) is 22.6. The van der Waals surface area contributed by atoms with Gasteiger partial charge in [0, 0.05) is 12.8 Å². The number of fused-ring (bicyclic) bond motifs is 1. The summed E-state index contributed by atoms with van der Waals surface area (Å²) in [6.07, 6.45) is 0.538. The highest BCUT2D eigenvalue weighted by molar-refractivity contribution is 5.82. The Morgan fingerprint density at radius 3 is 2.42 bits per heavy atom. The van der Waals surface area contributed by atoms with Gasteiger partial charge in [-0.05, 0) is 11.1 Å². The molecule has 0 fully saturated rings. The van der Waals surface area contributed by atoms with Crippen LogP contribution in [0, 0.1) is 0 Å². The molecule has 0 saturated carbocycles. The van der Waals surface area contributed by atoms with Gasteiger partial charge in [0.05, 0.1) is 12.8 Å². The molecule has 0 heterocycles. The van der Waals surface area contributed by atoms with Gasteiger partial charge in [0.25, 0.3) is 0 Å². The van der Waals surface area contributed by atoms with Crippen LogP contribution in [0.15, 0.2) is 24.3 Å². The number of carbonyl (C=O) groups is 2. The van der Waals surface area contributed by atoms with E-state index in [9.17, 15) is 9.59 Å². The highest BCUT2D eigenvalue weighted by atomic mass is 16.5. The van der Waals surface area contributed by atoms with Crippen LogP contribution in [0.25, 0.3) is 0 Å². The number of nitrogens with two attached hydrogens (primary N) is 1. The third-order valence-corrected chi connectivity index (χ3v) is 3.10. The van der Waals surface area contributed by atoms with Crippen LogP contribution in [-0.2, 0) is 22.4 Å². The molecule has 0 atom stereocenters. The van der Waals surface area contributed by atoms with Crippen molar-refractivity contribution < 1.29 is 14.3 Å². The van der Waals surface area contributed by atoms with E-state index in [0.29, 0.717) is 12.8 Å². The first-order valence-electron chi connectivity index (χ1n) is 6.01. The standard InChI is InChI=1S/C13H17N3O3/c1-19-12(18)15-8-11(17)16-13(14)6-9-4-2-3-5-10(9)7-13/h2-5H,6-8,14H2,1H3,(H,15,18)(H,16,17). The van der Waals surface area contributed by atoms with Crippen LogP contribution in [-0.4, -0.2) is 31.3 Å². The van der Waals surface area contributed by atoms with E-state index in [1.807, 2.05) is 24.3 Å². The summed E-state index contributed by atoms with van der Waals surface area (Å²) in [6.45, 7) is -0.151. The molecule has 6 heteroatoms. The first-order chi connectivity index (χ1) is 9.02. The van der Waals surface area contributed by atoms with E-state index in [2.05, 4.69) is 15.4 Å². The van der Waals surface area contributed by atoms with Gasteiger partial charge in [0.2, 0.25) is 5.91 Å². The fraction of sp³-hybridized carbons (Fsp3) is 0.385. The summed E-state index contributed by atoms with van der Waals surface area (Å²) in [5, 5.41) is 5.07. The predicted octanol–water partition coefficient (Wildman–Crippen LogP) is -0.0876. The van der Waals surface area contributed by atoms with Gasteiger partial charge in [-0.15, -0.1) is 0 Å². The Bertz CT molecular complexity index is 477. The average molecular weight is 263 g/mol. The van der Waals surface area contributed by atoms with Crippen molar-refractivity contribution in [3.63, 3.8) is 0 Å². The molecule has 0 spiro atoms. The Hall–Kier alpha value is -2.08. The Labute approximate surface area is 111 Å². The van der Waals surface area contributed by atoms with Gasteiger partial charge in [-0.2, -0.15) is 0 Å². The van der Waals surface area contributed by atoms with E-state index in [-0.39, 0.29) is 12.5 Å². The highest BCUT2D eigenvalue weighted by Crippen LogP contribution is 2.26. The summed E-state index contributed by atoms with van der Waals surface area (Å²) in [5.74, 6) is -0.333. The Morgan fingerprint density at radius 1 is 1.32 bits per heavy atom. The summed E-state index contributed by atoms with van der Waals surface area (Å²) in [5.41, 5.74) is 7.68. The van der Waals surface area contributed by atoms with Crippen molar-refractivity contribution in [2.75, 3.05) is 13.7 Å². The van der Waals surface area contributed by atoms with Crippen molar-refractivity contribution in [1.82, 2.24) is 10.6 Å². The molecule has 1 aliphatic carbocycles. The average Bonchev–Trinajstić information content (AvgIpc) is 2.71. The van der Waals surface area contributed by atoms with Crippen molar-refractivity contribution in [1.29, 1.82) is 0 Å². The summed E-state index contributed by atoms with van der Waals surface area (Å²) < 4.78 is 4.39. The molecule has 2 amide bonds. The maximum absolute atomic E-state index is 11.7. The van der Waals surface area contributed by atoms with Crippen LogP contribution in [0.1, 0.15) is 11.1 Å². The lowest BCUT2D eigenvalue weighted by atomic mass is 10.1. The zero-order valence-electron chi connectivity index (χ0n) is 10.7. The number of hydrogen-bond donors (Lipinski definition) is 3. The zero-order valence-corrected chi connectivity index (χ0v) is 10.7. The molecule has 19 heavy (non-hydrogen) atoms. The van der Waals surface area contributed by atoms with Crippen LogP contribution in [0.2, 0.25) is 0 Å². The van der Waals surface area contributed by atoms with Crippen LogP contribution in [0.4, 0.5) is 4.79 Å². The maximum atomic E-state index is 11.7. The minimum Gasteiger partial charge on any atom is -0.453 e. The monoisotopic (exact) mass is 263 g/mol. The minimum absolute atomic E-state index is 0.151. The van der Waals surface area contributed by atoms with Crippen LogP contribution in [0.5, 0.6) is 0 Å². The molecule has 4 N–H and O–H groups in total. The zero-order chi connectivity index (χ0) is 13.9. The highest BCUT2D eigenvalue weighted by Gasteiger charge is 2.34. The quantitative estimate of drug-likeness (QED) is 0.664. The molecule has 0 radical (unpaired) electrons. The van der Waals surface area contributed by atoms with Crippen molar-refractivity contribution in [2.45, 2.75) is 18.5 Å².